The molecule has 0 saturated carbocycles. The van der Waals surface area contributed by atoms with Crippen LogP contribution in [0.5, 0.6) is 5.75 Å². The van der Waals surface area contributed by atoms with Crippen LogP contribution in [0.2, 0.25) is 0 Å². The Bertz CT molecular complexity index is 727. The molecule has 0 bridgehead atoms. The van der Waals surface area contributed by atoms with Gasteiger partial charge < -0.3 is 14.2 Å². The van der Waals surface area contributed by atoms with Crippen LogP contribution in [0.25, 0.3) is 10.8 Å². The van der Waals surface area contributed by atoms with Crippen molar-refractivity contribution >= 4 is 10.8 Å². The fraction of sp³-hybridized carbons (Fsp3) is 0.600. The molecule has 1 aliphatic heterocycles. The topological polar surface area (TPSA) is 31.0 Å². The third kappa shape index (κ3) is 44.2. The van der Waals surface area contributed by atoms with Gasteiger partial charge in [-0.1, -0.05) is 195 Å². The number of hydrogen-bond donors (Lipinski definition) is 0. The Morgan fingerprint density at radius 3 is 1.12 bits per heavy atom. The first kappa shape index (κ1) is 50.3. The molecule has 1 heterocycles. The maximum atomic E-state index is 5.40. The average molecular weight is 603 g/mol. The monoisotopic (exact) mass is 603 g/mol. The molecule has 0 radical (unpaired) electrons. The molecular weight excluding hydrogens is 528 g/mol. The lowest BCUT2D eigenvalue weighted by Gasteiger charge is -2.01. The lowest BCUT2D eigenvalue weighted by molar-refractivity contribution is 0.263. The van der Waals surface area contributed by atoms with Gasteiger partial charge in [-0.3, -0.25) is 0 Å². The van der Waals surface area contributed by atoms with E-state index >= 15 is 0 Å². The van der Waals surface area contributed by atoms with Gasteiger partial charge in [-0.05, 0) is 22.9 Å². The molecule has 0 spiro atoms. The van der Waals surface area contributed by atoms with Crippen molar-refractivity contribution in [3.05, 3.63) is 78.9 Å². The minimum atomic E-state index is 0.343. The van der Waals surface area contributed by atoms with Gasteiger partial charge in [0.15, 0.2) is 0 Å². The number of rotatable bonds is 7. The predicted octanol–water partition coefficient (Wildman–Crippen LogP) is 13.5. The second kappa shape index (κ2) is 49.3. The van der Waals surface area contributed by atoms with Gasteiger partial charge in [0.25, 0.3) is 0 Å². The van der Waals surface area contributed by atoms with Crippen molar-refractivity contribution < 1.29 is 14.2 Å². The molecule has 1 fully saturated rings. The smallest absolute Gasteiger partial charge is 0.119 e. The van der Waals surface area contributed by atoms with Crippen molar-refractivity contribution in [2.24, 2.45) is 0 Å². The lowest BCUT2D eigenvalue weighted by atomic mass is 10.1. The van der Waals surface area contributed by atoms with Crippen LogP contribution in [-0.2, 0) is 9.47 Å². The second-order valence-corrected chi connectivity index (χ2v) is 8.75. The van der Waals surface area contributed by atoms with Crippen molar-refractivity contribution in [1.29, 1.82) is 0 Å². The molecule has 0 aliphatic carbocycles. The molecule has 4 rings (SSSR count). The largest absolute Gasteiger partial charge is 0.491 e. The van der Waals surface area contributed by atoms with Gasteiger partial charge >= 0.3 is 0 Å². The normalized spacial score (nSPS) is 11.0. The van der Waals surface area contributed by atoms with E-state index in [-0.39, 0.29) is 0 Å². The van der Waals surface area contributed by atoms with Crippen LogP contribution in [0.4, 0.5) is 0 Å². The van der Waals surface area contributed by atoms with Crippen LogP contribution in [0.15, 0.2) is 78.9 Å². The fourth-order valence-corrected chi connectivity index (χ4v) is 2.50. The Hall–Kier alpha value is -2.36. The number of fused-ring (bicyclic) bond motifs is 1. The molecule has 252 valence electrons. The van der Waals surface area contributed by atoms with E-state index in [0.29, 0.717) is 12.7 Å². The van der Waals surface area contributed by atoms with Crippen LogP contribution >= 0.6 is 0 Å². The predicted molar refractivity (Wildman–Crippen MR) is 199 cm³/mol. The number of methoxy groups -OCH3 is 1. The Labute approximate surface area is 270 Å². The van der Waals surface area contributed by atoms with Gasteiger partial charge in [-0.2, -0.15) is 0 Å². The van der Waals surface area contributed by atoms with Crippen molar-refractivity contribution in [1.82, 2.24) is 0 Å². The summed E-state index contributed by atoms with van der Waals surface area (Å²) in [5.74, 6) is 0.919. The van der Waals surface area contributed by atoms with E-state index in [4.69, 9.17) is 9.47 Å². The zero-order valence-corrected chi connectivity index (χ0v) is 31.2. The highest BCUT2D eigenvalue weighted by Crippen LogP contribution is 2.13. The maximum Gasteiger partial charge on any atom is 0.119 e. The molecule has 3 aromatic rings. The highest BCUT2D eigenvalue weighted by molar-refractivity contribution is 5.82. The summed E-state index contributed by atoms with van der Waals surface area (Å²) in [6, 6.07) is 26.5. The number of para-hydroxylation sites is 1. The Morgan fingerprint density at radius 1 is 0.558 bits per heavy atom. The molecule has 0 aromatic heterocycles. The maximum absolute atomic E-state index is 5.40. The van der Waals surface area contributed by atoms with Crippen LogP contribution in [0.3, 0.4) is 0 Å². The van der Waals surface area contributed by atoms with Crippen LogP contribution in [0, 0.1) is 0 Å². The van der Waals surface area contributed by atoms with E-state index < -0.39 is 0 Å². The van der Waals surface area contributed by atoms with Gasteiger partial charge in [0.2, 0.25) is 0 Å². The molecule has 3 nitrogen and oxygen atoms in total. The van der Waals surface area contributed by atoms with E-state index in [1.54, 1.807) is 14.2 Å². The first-order valence-electron chi connectivity index (χ1n) is 17.2. The van der Waals surface area contributed by atoms with E-state index in [1.807, 2.05) is 71.9 Å². The molecule has 1 atom stereocenters. The molecule has 0 amide bonds. The molecule has 3 aromatic carbocycles. The van der Waals surface area contributed by atoms with Gasteiger partial charge in [-0.25, -0.2) is 0 Å². The molecule has 1 saturated heterocycles. The van der Waals surface area contributed by atoms with Gasteiger partial charge in [0.05, 0.1) is 6.61 Å². The number of ether oxygens (including phenoxy) is 3. The summed E-state index contributed by atoms with van der Waals surface area (Å²) < 4.78 is 14.7. The summed E-state index contributed by atoms with van der Waals surface area (Å²) in [5, 5.41) is 2.62. The van der Waals surface area contributed by atoms with Crippen molar-refractivity contribution in [3.63, 3.8) is 0 Å². The van der Waals surface area contributed by atoms with Crippen molar-refractivity contribution in [2.45, 2.75) is 134 Å². The number of benzene rings is 3. The van der Waals surface area contributed by atoms with E-state index in [9.17, 15) is 0 Å². The highest BCUT2D eigenvalue weighted by atomic mass is 16.6. The first-order valence-corrected chi connectivity index (χ1v) is 17.2. The third-order valence-electron chi connectivity index (χ3n) is 4.70. The summed E-state index contributed by atoms with van der Waals surface area (Å²) >= 11 is 0. The SMILES string of the molecule is CC.CC.CC.CCC.CCCC.CCCCCC.COC.c1ccc(OCC2CO2)cc1.c1ccc2ccccc2c1. The summed E-state index contributed by atoms with van der Waals surface area (Å²) in [5.41, 5.74) is 0. The quantitative estimate of drug-likeness (QED) is 0.199. The Balaban J connectivity index is -0.000000139. The minimum Gasteiger partial charge on any atom is -0.491 e. The van der Waals surface area contributed by atoms with Crippen LogP contribution in [0.1, 0.15) is 128 Å². The number of epoxide rings is 1. The van der Waals surface area contributed by atoms with E-state index in [2.05, 4.69) is 94.8 Å². The standard InChI is InChI=1S/C10H8.C9H10O2.C6H14.C4H10.C3H8.C2H6O.3C2H6/c1-2-6-10-8-4-3-7-9(10)5-1;1-2-4-8(5-3-1)10-6-9-7-11-9;1-3-5-6-4-2;1-3-4-2;2*1-3-2;3*1-2/h1-8H;1-5,9H,6-7H2;3-6H2,1-2H3;3-4H2,1-2H3;3H2,1-2H3;1-2H3;3*1-2H3. The fourth-order valence-electron chi connectivity index (χ4n) is 2.50. The van der Waals surface area contributed by atoms with E-state index in [0.717, 1.165) is 12.4 Å². The van der Waals surface area contributed by atoms with Gasteiger partial charge in [0.1, 0.15) is 18.5 Å². The summed E-state index contributed by atoms with van der Waals surface area (Å²) in [6.07, 6.45) is 9.77. The molecule has 1 aliphatic rings. The first-order chi connectivity index (χ1) is 21.1. The lowest BCUT2D eigenvalue weighted by Crippen LogP contribution is -2.03. The molecule has 43 heavy (non-hydrogen) atoms. The zero-order chi connectivity index (χ0) is 34.0. The molecule has 1 unspecified atom stereocenters. The number of hydrogen-bond acceptors (Lipinski definition) is 3. The Kier molecular flexibility index (Phi) is 57.7. The van der Waals surface area contributed by atoms with Crippen molar-refractivity contribution in [2.75, 3.05) is 27.4 Å². The molecule has 0 N–H and O–H groups in total. The zero-order valence-electron chi connectivity index (χ0n) is 31.2. The van der Waals surface area contributed by atoms with Crippen LogP contribution in [-0.4, -0.2) is 33.5 Å². The summed E-state index contributed by atoms with van der Waals surface area (Å²) in [4.78, 5) is 0. The number of unbranched alkanes of at least 4 members (excludes halogenated alkanes) is 4. The van der Waals surface area contributed by atoms with E-state index in [1.165, 1.54) is 55.7 Å². The highest BCUT2D eigenvalue weighted by Gasteiger charge is 2.22. The van der Waals surface area contributed by atoms with Crippen molar-refractivity contribution in [3.8, 4) is 5.75 Å². The molecule has 3 heteroatoms. The average Bonchev–Trinajstić information content (AvgIpc) is 3.92. The molecular formula is C40H74O3. The minimum absolute atomic E-state index is 0.343. The Morgan fingerprint density at radius 2 is 0.860 bits per heavy atom. The summed E-state index contributed by atoms with van der Waals surface area (Å²) in [6.45, 7) is 26.6. The second-order valence-electron chi connectivity index (χ2n) is 8.75. The third-order valence-corrected chi connectivity index (χ3v) is 4.70. The van der Waals surface area contributed by atoms with Crippen LogP contribution < -0.4 is 4.74 Å². The van der Waals surface area contributed by atoms with Gasteiger partial charge in [-0.15, -0.1) is 0 Å². The summed E-state index contributed by atoms with van der Waals surface area (Å²) in [7, 11) is 3.25. The van der Waals surface area contributed by atoms with Gasteiger partial charge in [0, 0.05) is 14.2 Å².